The van der Waals surface area contributed by atoms with E-state index in [4.69, 9.17) is 11.6 Å². The van der Waals surface area contributed by atoms with E-state index in [1.54, 1.807) is 24.3 Å². The van der Waals surface area contributed by atoms with Crippen LogP contribution in [0.15, 0.2) is 64.7 Å². The van der Waals surface area contributed by atoms with Crippen LogP contribution in [0.2, 0.25) is 5.02 Å². The zero-order valence-electron chi connectivity index (χ0n) is 14.6. The van der Waals surface area contributed by atoms with E-state index >= 15 is 0 Å². The zero-order valence-corrected chi connectivity index (χ0v) is 16.1. The molecule has 148 valence electrons. The first-order valence-corrected chi connectivity index (χ1v) is 9.70. The van der Waals surface area contributed by atoms with Crippen LogP contribution in [0.3, 0.4) is 0 Å². The summed E-state index contributed by atoms with van der Waals surface area (Å²) in [5, 5.41) is 7.78. The van der Waals surface area contributed by atoms with Gasteiger partial charge in [-0.15, -0.1) is 0 Å². The van der Waals surface area contributed by atoms with Crippen molar-refractivity contribution in [3.8, 4) is 5.69 Å². The summed E-state index contributed by atoms with van der Waals surface area (Å²) in [4.78, 5) is 17.4. The fraction of sp³-hybridized carbons (Fsp3) is 0.105. The number of H-pyrrole nitrogens is 1. The molecule has 2 heterocycles. The molecule has 1 N–H and O–H groups in total. The van der Waals surface area contributed by atoms with Gasteiger partial charge >= 0.3 is 6.18 Å². The highest BCUT2D eigenvalue weighted by molar-refractivity contribution is 7.98. The number of rotatable bonds is 4. The maximum atomic E-state index is 13.0. The largest absolute Gasteiger partial charge is 0.416 e. The molecule has 4 aromatic rings. The quantitative estimate of drug-likeness (QED) is 0.358. The van der Waals surface area contributed by atoms with E-state index in [1.165, 1.54) is 34.7 Å². The normalized spacial score (nSPS) is 11.9. The lowest BCUT2D eigenvalue weighted by atomic mass is 10.1. The van der Waals surface area contributed by atoms with Gasteiger partial charge in [-0.2, -0.15) is 18.3 Å². The number of thioether (sulfide) groups is 1. The van der Waals surface area contributed by atoms with E-state index in [0.29, 0.717) is 38.2 Å². The van der Waals surface area contributed by atoms with Crippen LogP contribution in [-0.4, -0.2) is 19.7 Å². The maximum absolute atomic E-state index is 13.0. The Balaban J connectivity index is 1.70. The van der Waals surface area contributed by atoms with Gasteiger partial charge in [0.05, 0.1) is 17.4 Å². The first kappa shape index (κ1) is 19.5. The molecule has 4 rings (SSSR count). The number of aromatic amines is 1. The van der Waals surface area contributed by atoms with Gasteiger partial charge in [0.2, 0.25) is 0 Å². The molecule has 0 fully saturated rings. The van der Waals surface area contributed by atoms with Gasteiger partial charge in [-0.25, -0.2) is 4.98 Å². The highest BCUT2D eigenvalue weighted by Gasteiger charge is 2.29. The van der Waals surface area contributed by atoms with Crippen LogP contribution in [0.4, 0.5) is 13.2 Å². The molecule has 0 aliphatic heterocycles. The van der Waals surface area contributed by atoms with E-state index in [0.717, 1.165) is 12.1 Å². The number of fused-ring (bicyclic) bond motifs is 1. The molecule has 10 heteroatoms. The summed E-state index contributed by atoms with van der Waals surface area (Å²) in [5.41, 5.74) is 0.576. The summed E-state index contributed by atoms with van der Waals surface area (Å²) in [6.45, 7) is 0. The molecule has 5 nitrogen and oxygen atoms in total. The molecular weight excluding hydrogens is 425 g/mol. The van der Waals surface area contributed by atoms with Gasteiger partial charge < -0.3 is 0 Å². The lowest BCUT2D eigenvalue weighted by Crippen LogP contribution is -2.21. The van der Waals surface area contributed by atoms with Crippen molar-refractivity contribution in [2.24, 2.45) is 0 Å². The van der Waals surface area contributed by atoms with Crippen molar-refractivity contribution in [3.63, 3.8) is 0 Å². The van der Waals surface area contributed by atoms with Gasteiger partial charge in [-0.05, 0) is 42.0 Å². The molecular formula is C19H12ClF3N4OS. The Bertz CT molecular complexity index is 1220. The Morgan fingerprint density at radius 1 is 1.07 bits per heavy atom. The Morgan fingerprint density at radius 3 is 2.41 bits per heavy atom. The van der Waals surface area contributed by atoms with E-state index in [2.05, 4.69) is 15.2 Å². The van der Waals surface area contributed by atoms with Gasteiger partial charge in [-0.3, -0.25) is 14.5 Å². The zero-order chi connectivity index (χ0) is 20.6. The van der Waals surface area contributed by atoms with Crippen molar-refractivity contribution >= 4 is 34.4 Å². The van der Waals surface area contributed by atoms with Gasteiger partial charge in [-0.1, -0.05) is 35.5 Å². The average Bonchev–Trinajstić information content (AvgIpc) is 3.16. The van der Waals surface area contributed by atoms with Gasteiger partial charge in [0, 0.05) is 10.8 Å². The van der Waals surface area contributed by atoms with E-state index in [9.17, 15) is 18.0 Å². The number of hydrogen-bond acceptors (Lipinski definition) is 4. The van der Waals surface area contributed by atoms with Crippen molar-refractivity contribution in [1.29, 1.82) is 0 Å². The summed E-state index contributed by atoms with van der Waals surface area (Å²) in [5.74, 6) is 0.331. The van der Waals surface area contributed by atoms with Crippen LogP contribution >= 0.6 is 23.4 Å². The van der Waals surface area contributed by atoms with Crippen molar-refractivity contribution in [3.05, 3.63) is 81.2 Å². The maximum Gasteiger partial charge on any atom is 0.416 e. The van der Waals surface area contributed by atoms with E-state index < -0.39 is 11.7 Å². The highest BCUT2D eigenvalue weighted by atomic mass is 35.5. The van der Waals surface area contributed by atoms with Gasteiger partial charge in [0.1, 0.15) is 5.39 Å². The van der Waals surface area contributed by atoms with Gasteiger partial charge in [0.25, 0.3) is 5.56 Å². The molecule has 0 aliphatic carbocycles. The molecule has 0 saturated carbocycles. The molecule has 0 unspecified atom stereocenters. The lowest BCUT2D eigenvalue weighted by molar-refractivity contribution is -0.137. The monoisotopic (exact) mass is 436 g/mol. The second-order valence-corrected chi connectivity index (χ2v) is 7.51. The summed E-state index contributed by atoms with van der Waals surface area (Å²) < 4.78 is 39.6. The Labute approximate surface area is 171 Å². The summed E-state index contributed by atoms with van der Waals surface area (Å²) in [6.07, 6.45) is -2.98. The molecule has 0 amide bonds. The predicted octanol–water partition coefficient (Wildman–Crippen LogP) is 5.07. The molecule has 0 spiro atoms. The minimum absolute atomic E-state index is 0.305. The van der Waals surface area contributed by atoms with Crippen LogP contribution < -0.4 is 5.56 Å². The van der Waals surface area contributed by atoms with E-state index in [1.807, 2.05) is 0 Å². The Kier molecular flexibility index (Phi) is 5.10. The third-order valence-corrected chi connectivity index (χ3v) is 5.45. The number of alkyl halides is 3. The van der Waals surface area contributed by atoms with Crippen LogP contribution in [0, 0.1) is 0 Å². The molecule has 0 saturated heterocycles. The lowest BCUT2D eigenvalue weighted by Gasteiger charge is -2.12. The van der Waals surface area contributed by atoms with Crippen LogP contribution in [0.5, 0.6) is 0 Å². The minimum Gasteiger partial charge on any atom is -0.268 e. The Hall–Kier alpha value is -2.78. The van der Waals surface area contributed by atoms with Crippen molar-refractivity contribution in [2.45, 2.75) is 17.1 Å². The Morgan fingerprint density at radius 2 is 1.76 bits per heavy atom. The molecule has 0 radical (unpaired) electrons. The fourth-order valence-electron chi connectivity index (χ4n) is 2.73. The van der Waals surface area contributed by atoms with Crippen LogP contribution in [0.25, 0.3) is 16.7 Å². The van der Waals surface area contributed by atoms with Crippen molar-refractivity contribution in [1.82, 2.24) is 19.7 Å². The van der Waals surface area contributed by atoms with Gasteiger partial charge in [0.15, 0.2) is 10.8 Å². The minimum atomic E-state index is -4.38. The van der Waals surface area contributed by atoms with Crippen molar-refractivity contribution in [2.75, 3.05) is 0 Å². The molecule has 29 heavy (non-hydrogen) atoms. The second-order valence-electron chi connectivity index (χ2n) is 6.13. The molecule has 0 bridgehead atoms. The number of nitrogens with zero attached hydrogens (tertiary/aromatic N) is 3. The summed E-state index contributed by atoms with van der Waals surface area (Å²) >= 11 is 7.17. The molecule has 2 aromatic heterocycles. The standard InChI is InChI=1S/C19H12ClF3N4OS/c20-13-5-7-14(8-6-13)27-17(28)15-9-24-26-16(15)25-18(27)29-10-11-1-3-12(4-2-11)19(21,22)23/h1-9H,10H2,(H,24,26). The average molecular weight is 437 g/mol. The predicted molar refractivity (Wildman–Crippen MR) is 106 cm³/mol. The number of aromatic nitrogens is 4. The summed E-state index contributed by atoms with van der Waals surface area (Å²) in [7, 11) is 0. The highest BCUT2D eigenvalue weighted by Crippen LogP contribution is 2.30. The first-order valence-electron chi connectivity index (χ1n) is 8.34. The van der Waals surface area contributed by atoms with Crippen LogP contribution in [-0.2, 0) is 11.9 Å². The number of hydrogen-bond donors (Lipinski definition) is 1. The number of halogens is 4. The SMILES string of the molecule is O=c1c2cn[nH]c2nc(SCc2ccc(C(F)(F)F)cc2)n1-c1ccc(Cl)cc1. The second kappa shape index (κ2) is 7.57. The molecule has 0 atom stereocenters. The smallest absolute Gasteiger partial charge is 0.268 e. The molecule has 2 aromatic carbocycles. The third-order valence-electron chi connectivity index (χ3n) is 4.19. The third kappa shape index (κ3) is 4.01. The molecule has 0 aliphatic rings. The topological polar surface area (TPSA) is 63.6 Å². The van der Waals surface area contributed by atoms with Crippen molar-refractivity contribution < 1.29 is 13.2 Å². The summed E-state index contributed by atoms with van der Waals surface area (Å²) in [6, 6.07) is 11.6. The van der Waals surface area contributed by atoms with E-state index in [-0.39, 0.29) is 5.56 Å². The first-order chi connectivity index (χ1) is 13.8. The fourth-order valence-corrected chi connectivity index (χ4v) is 3.81. The number of nitrogens with one attached hydrogen (secondary N) is 1. The van der Waals surface area contributed by atoms with Crippen LogP contribution in [0.1, 0.15) is 11.1 Å². The number of benzene rings is 2.